The number of benzene rings is 1. The molecule has 1 aromatic heterocycles. The van der Waals surface area contributed by atoms with Gasteiger partial charge in [0.25, 0.3) is 0 Å². The molecule has 4 rings (SSSR count). The smallest absolute Gasteiger partial charge is 0.225 e. The topological polar surface area (TPSA) is 67.4 Å². The number of thioether (sulfide) groups is 1. The molecular weight excluding hydrogens is 368 g/mol. The highest BCUT2D eigenvalue weighted by Crippen LogP contribution is 2.45. The summed E-state index contributed by atoms with van der Waals surface area (Å²) >= 11 is 1.52. The monoisotopic (exact) mass is 383 g/mol. The Balaban J connectivity index is 0.00000182. The molecule has 3 heterocycles. The Bertz CT molecular complexity index is 786. The highest BCUT2D eigenvalue weighted by Gasteiger charge is 2.50. The third kappa shape index (κ3) is 3.16. The van der Waals surface area contributed by atoms with Crippen molar-refractivity contribution in [1.29, 1.82) is 0 Å². The van der Waals surface area contributed by atoms with E-state index in [2.05, 4.69) is 9.97 Å². The van der Waals surface area contributed by atoms with Crippen LogP contribution in [0.15, 0.2) is 41.7 Å². The minimum absolute atomic E-state index is 0. The predicted molar refractivity (Wildman–Crippen MR) is 97.1 cm³/mol. The first-order chi connectivity index (χ1) is 11.6. The lowest BCUT2D eigenvalue weighted by Crippen LogP contribution is -2.40. The first-order valence-electron chi connectivity index (χ1n) is 7.53. The lowest BCUT2D eigenvalue weighted by Gasteiger charge is -2.34. The van der Waals surface area contributed by atoms with Gasteiger partial charge in [0.1, 0.15) is 11.4 Å². The first kappa shape index (κ1) is 17.9. The maximum atomic E-state index is 13.3. The lowest BCUT2D eigenvalue weighted by atomic mass is 9.82. The summed E-state index contributed by atoms with van der Waals surface area (Å²) in [6, 6.07) is 6.38. The molecule has 0 amide bonds. The van der Waals surface area contributed by atoms with E-state index in [9.17, 15) is 8.78 Å². The van der Waals surface area contributed by atoms with Gasteiger partial charge in [-0.3, -0.25) is 0 Å². The average molecular weight is 384 g/mol. The van der Waals surface area contributed by atoms with Gasteiger partial charge >= 0.3 is 0 Å². The molecule has 132 valence electrons. The Labute approximate surface area is 154 Å². The van der Waals surface area contributed by atoms with Crippen LogP contribution in [0.25, 0.3) is 0 Å². The standard InChI is InChI=1S/C16H15F2N5S.ClH/c17-12-3-1-10(2-4-12)16-9-23(15-20-5-13(18)6-21-15)7-11(16)8-24-14(19)22-16;/h1-6,11H,7-9H2,(H2,19,22);1H/t11?,16-;/m1./s1. The van der Waals surface area contributed by atoms with E-state index in [0.717, 1.165) is 23.7 Å². The normalized spacial score (nSPS) is 25.1. The zero-order chi connectivity index (χ0) is 16.7. The number of amidine groups is 1. The summed E-state index contributed by atoms with van der Waals surface area (Å²) in [6.45, 7) is 1.21. The average Bonchev–Trinajstić information content (AvgIpc) is 2.96. The number of aliphatic imine (C=N–C) groups is 1. The summed E-state index contributed by atoms with van der Waals surface area (Å²) < 4.78 is 26.4. The second-order valence-electron chi connectivity index (χ2n) is 5.97. The highest BCUT2D eigenvalue weighted by molar-refractivity contribution is 8.13. The van der Waals surface area contributed by atoms with Crippen LogP contribution in [0.3, 0.4) is 0 Å². The first-order valence-corrected chi connectivity index (χ1v) is 8.52. The van der Waals surface area contributed by atoms with Crippen LogP contribution in [0.1, 0.15) is 5.56 Å². The largest absolute Gasteiger partial charge is 0.379 e. The van der Waals surface area contributed by atoms with Crippen molar-refractivity contribution in [2.45, 2.75) is 5.54 Å². The van der Waals surface area contributed by atoms with Crippen LogP contribution in [0, 0.1) is 17.6 Å². The van der Waals surface area contributed by atoms with Crippen LogP contribution in [-0.2, 0) is 5.54 Å². The van der Waals surface area contributed by atoms with Gasteiger partial charge in [0.2, 0.25) is 5.95 Å². The lowest BCUT2D eigenvalue weighted by molar-refractivity contribution is 0.387. The van der Waals surface area contributed by atoms with Crippen molar-refractivity contribution in [1.82, 2.24) is 9.97 Å². The molecule has 0 saturated carbocycles. The summed E-state index contributed by atoms with van der Waals surface area (Å²) in [5, 5.41) is 0.525. The fourth-order valence-corrected chi connectivity index (χ4v) is 4.37. The number of halogens is 3. The van der Waals surface area contributed by atoms with Crippen molar-refractivity contribution in [3.8, 4) is 0 Å². The number of aromatic nitrogens is 2. The summed E-state index contributed by atoms with van der Waals surface area (Å²) in [5.41, 5.74) is 6.35. The Kier molecular flexibility index (Phi) is 4.83. The number of hydrogen-bond donors (Lipinski definition) is 1. The van der Waals surface area contributed by atoms with E-state index in [4.69, 9.17) is 10.7 Å². The zero-order valence-corrected chi connectivity index (χ0v) is 14.7. The second-order valence-corrected chi connectivity index (χ2v) is 7.01. The van der Waals surface area contributed by atoms with Gasteiger partial charge in [-0.05, 0) is 17.7 Å². The number of rotatable bonds is 2. The molecule has 0 radical (unpaired) electrons. The predicted octanol–water partition coefficient (Wildman–Crippen LogP) is 2.57. The molecule has 0 spiro atoms. The van der Waals surface area contributed by atoms with Gasteiger partial charge in [-0.2, -0.15) is 0 Å². The van der Waals surface area contributed by atoms with Crippen LogP contribution in [0.2, 0.25) is 0 Å². The molecule has 0 aliphatic carbocycles. The Hall–Kier alpha value is -1.93. The number of anilines is 1. The van der Waals surface area contributed by atoms with Crippen LogP contribution in [-0.4, -0.2) is 34.0 Å². The van der Waals surface area contributed by atoms with Crippen molar-refractivity contribution < 1.29 is 8.78 Å². The van der Waals surface area contributed by atoms with Crippen molar-refractivity contribution >= 4 is 35.3 Å². The molecule has 1 fully saturated rings. The molecule has 1 aromatic carbocycles. The molecule has 5 nitrogen and oxygen atoms in total. The van der Waals surface area contributed by atoms with Crippen LogP contribution in [0.5, 0.6) is 0 Å². The molecule has 2 N–H and O–H groups in total. The Morgan fingerprint density at radius 2 is 1.80 bits per heavy atom. The van der Waals surface area contributed by atoms with Gasteiger partial charge in [-0.15, -0.1) is 12.4 Å². The Morgan fingerprint density at radius 3 is 2.48 bits per heavy atom. The molecule has 2 aliphatic rings. The van der Waals surface area contributed by atoms with E-state index in [-0.39, 0.29) is 24.1 Å². The molecule has 2 aromatic rings. The van der Waals surface area contributed by atoms with E-state index >= 15 is 0 Å². The third-order valence-electron chi connectivity index (χ3n) is 4.52. The fraction of sp³-hybridized carbons (Fsp3) is 0.312. The number of nitrogens with zero attached hydrogens (tertiary/aromatic N) is 4. The van der Waals surface area contributed by atoms with Crippen molar-refractivity contribution in [3.05, 3.63) is 53.9 Å². The van der Waals surface area contributed by atoms with Crippen molar-refractivity contribution in [2.75, 3.05) is 23.7 Å². The van der Waals surface area contributed by atoms with Crippen molar-refractivity contribution in [3.63, 3.8) is 0 Å². The number of nitrogens with two attached hydrogens (primary N) is 1. The number of fused-ring (bicyclic) bond motifs is 1. The van der Waals surface area contributed by atoms with Crippen LogP contribution < -0.4 is 10.6 Å². The van der Waals surface area contributed by atoms with Gasteiger partial charge in [0.15, 0.2) is 11.0 Å². The SMILES string of the molecule is Cl.NC1=N[C@@]2(c3ccc(F)cc3)CN(c3ncc(F)cn3)CC2CS1. The summed E-state index contributed by atoms with van der Waals surface area (Å²) in [7, 11) is 0. The molecule has 25 heavy (non-hydrogen) atoms. The van der Waals surface area contributed by atoms with E-state index in [0.29, 0.717) is 24.2 Å². The maximum Gasteiger partial charge on any atom is 0.225 e. The van der Waals surface area contributed by atoms with E-state index in [1.54, 1.807) is 12.1 Å². The highest BCUT2D eigenvalue weighted by atomic mass is 35.5. The third-order valence-corrected chi connectivity index (χ3v) is 5.48. The minimum Gasteiger partial charge on any atom is -0.379 e. The maximum absolute atomic E-state index is 13.3. The van der Waals surface area contributed by atoms with Gasteiger partial charge in [0.05, 0.1) is 18.9 Å². The van der Waals surface area contributed by atoms with Gasteiger partial charge < -0.3 is 10.6 Å². The molecular formula is C16H16ClF2N5S. The van der Waals surface area contributed by atoms with E-state index < -0.39 is 11.4 Å². The van der Waals surface area contributed by atoms with Crippen LogP contribution >= 0.6 is 24.2 Å². The molecule has 0 bridgehead atoms. The van der Waals surface area contributed by atoms with Crippen LogP contribution in [0.4, 0.5) is 14.7 Å². The van der Waals surface area contributed by atoms with Gasteiger partial charge in [0, 0.05) is 18.2 Å². The van der Waals surface area contributed by atoms with Gasteiger partial charge in [-0.25, -0.2) is 23.7 Å². The number of hydrogen-bond acceptors (Lipinski definition) is 6. The molecule has 2 aliphatic heterocycles. The van der Waals surface area contributed by atoms with Gasteiger partial charge in [-0.1, -0.05) is 23.9 Å². The quantitative estimate of drug-likeness (QED) is 0.863. The molecule has 1 unspecified atom stereocenters. The minimum atomic E-state index is -0.555. The van der Waals surface area contributed by atoms with Crippen molar-refractivity contribution in [2.24, 2.45) is 16.6 Å². The van der Waals surface area contributed by atoms with E-state index in [1.807, 2.05) is 4.90 Å². The molecule has 9 heteroatoms. The van der Waals surface area contributed by atoms with E-state index in [1.165, 1.54) is 23.9 Å². The summed E-state index contributed by atoms with van der Waals surface area (Å²) in [5.74, 6) is 0.705. The second kappa shape index (κ2) is 6.76. The fourth-order valence-electron chi connectivity index (χ4n) is 3.38. The molecule has 2 atom stereocenters. The Morgan fingerprint density at radius 1 is 1.12 bits per heavy atom. The summed E-state index contributed by atoms with van der Waals surface area (Å²) in [4.78, 5) is 14.9. The summed E-state index contributed by atoms with van der Waals surface area (Å²) in [6.07, 6.45) is 2.31. The molecule has 1 saturated heterocycles. The zero-order valence-electron chi connectivity index (χ0n) is 13.1.